The minimum absolute atomic E-state index is 0. The van der Waals surface area contributed by atoms with Gasteiger partial charge < -0.3 is 52.8 Å². The normalized spacial score (nSPS) is 11.7. The fourth-order valence-corrected chi connectivity index (χ4v) is 5.73. The Hall–Kier alpha value is -5.94. The number of fused-ring (bicyclic) bond motifs is 20. The predicted molar refractivity (Wildman–Crippen MR) is 172 cm³/mol. The molecule has 0 radical (unpaired) electrons. The van der Waals surface area contributed by atoms with Crippen LogP contribution in [0.25, 0.3) is 89.7 Å². The maximum atomic E-state index is 6.19. The zero-order valence-corrected chi connectivity index (χ0v) is 26.5. The van der Waals surface area contributed by atoms with Crippen molar-refractivity contribution in [1.82, 2.24) is 39.9 Å². The van der Waals surface area contributed by atoms with Crippen LogP contribution in [0.2, 0.25) is 0 Å². The smallest absolute Gasteiger partial charge is 0.399 e. The fourth-order valence-electron chi connectivity index (χ4n) is 5.73. The molecule has 0 amide bonds. The van der Waals surface area contributed by atoms with Gasteiger partial charge in [0.15, 0.2) is 0 Å². The van der Waals surface area contributed by atoms with Crippen LogP contribution in [-0.4, -0.2) is 29.9 Å². The van der Waals surface area contributed by atoms with Crippen molar-refractivity contribution in [3.63, 3.8) is 0 Å². The summed E-state index contributed by atoms with van der Waals surface area (Å²) in [6, 6.07) is 22.0. The summed E-state index contributed by atoms with van der Waals surface area (Å²) in [4.78, 5) is 39.0. The van der Waals surface area contributed by atoms with Gasteiger partial charge in [-0.15, -0.1) is 0 Å². The number of nitrogen functional groups attached to an aromatic ring is 4. The second-order valence-electron chi connectivity index (χ2n) is 10.7. The van der Waals surface area contributed by atoms with Gasteiger partial charge in [-0.2, -0.15) is 0 Å². The minimum Gasteiger partial charge on any atom is -0.399 e. The second kappa shape index (κ2) is 9.53. The maximum absolute atomic E-state index is 6.19. The molecule has 45 heavy (non-hydrogen) atoms. The Balaban J connectivity index is 0.00000300. The van der Waals surface area contributed by atoms with Crippen LogP contribution in [0.5, 0.6) is 0 Å². The summed E-state index contributed by atoms with van der Waals surface area (Å²) in [5, 5.41) is 2.97. The number of nitrogens with zero attached hydrogens (tertiary/aromatic N) is 8. The molecule has 0 atom stereocenters. The first-order valence-electron chi connectivity index (χ1n) is 13.7. The topological polar surface area (TPSA) is 210 Å². The van der Waals surface area contributed by atoms with Crippen molar-refractivity contribution in [3.05, 3.63) is 72.8 Å². The molecule has 2 aliphatic rings. The van der Waals surface area contributed by atoms with Gasteiger partial charge in [0.1, 0.15) is 0 Å². The summed E-state index contributed by atoms with van der Waals surface area (Å²) in [5.41, 5.74) is 31.7. The van der Waals surface area contributed by atoms with Crippen molar-refractivity contribution < 1.29 is 19.5 Å². The SMILES string of the molecule is Nc1ccc2c(c1)-c1nc-2nc2[n-]c(nc3nc(nc4[n-]c(n1)c1ccc(N)cc41)-c1ccc(N)cc1-3)c1ccc(N)cc21.[Zn+2]. The van der Waals surface area contributed by atoms with Crippen LogP contribution in [0.1, 0.15) is 0 Å². The number of nitrogens with two attached hydrogens (primary N) is 4. The number of hydrogen-bond donors (Lipinski definition) is 4. The van der Waals surface area contributed by atoms with Crippen LogP contribution in [0.3, 0.4) is 0 Å². The third-order valence-corrected chi connectivity index (χ3v) is 7.80. The molecule has 2 aliphatic heterocycles. The molecule has 7 aromatic rings. The molecule has 0 aliphatic carbocycles. The molecule has 9 rings (SSSR count). The molecule has 3 aromatic heterocycles. The van der Waals surface area contributed by atoms with Crippen LogP contribution in [-0.2, 0) is 19.5 Å². The standard InChI is InChI=1S/C32H20N12.Zn/c33-13-1-5-17-21(9-13)29-37-25(17)41-30-22-10-14(34)2-6-18(22)27(38-30)43-32-24-12-16(36)4-8-20(24)28(40-32)44-31-23-11-15(35)3-7-19(23)26(39-31)42-29;/h1-12H,33-36H2;/q-2;+2. The first kappa shape index (κ1) is 26.7. The molecule has 0 saturated heterocycles. The summed E-state index contributed by atoms with van der Waals surface area (Å²) < 4.78 is 0. The molecule has 13 heteroatoms. The molecule has 0 saturated carbocycles. The van der Waals surface area contributed by atoms with E-state index in [1.807, 2.05) is 48.5 Å². The molecule has 8 bridgehead atoms. The molecular formula is C32H20N12Zn. The fraction of sp³-hybridized carbons (Fsp3) is 0. The molecule has 0 spiro atoms. The van der Waals surface area contributed by atoms with Gasteiger partial charge >= 0.3 is 19.5 Å². The monoisotopic (exact) mass is 636 g/mol. The van der Waals surface area contributed by atoms with Crippen LogP contribution >= 0.6 is 0 Å². The molecular weight excluding hydrogens is 618 g/mol. The largest absolute Gasteiger partial charge is 2.00 e. The van der Waals surface area contributed by atoms with Gasteiger partial charge in [-0.05, 0) is 82.2 Å². The Kier molecular flexibility index (Phi) is 5.65. The first-order valence-corrected chi connectivity index (χ1v) is 13.7. The zero-order valence-electron chi connectivity index (χ0n) is 23.5. The van der Waals surface area contributed by atoms with E-state index >= 15 is 0 Å². The van der Waals surface area contributed by atoms with Crippen molar-refractivity contribution in [2.24, 2.45) is 0 Å². The Bertz CT molecular complexity index is 2390. The van der Waals surface area contributed by atoms with Crippen molar-refractivity contribution in [2.45, 2.75) is 0 Å². The quantitative estimate of drug-likeness (QED) is 0.134. The summed E-state index contributed by atoms with van der Waals surface area (Å²) in [5.74, 6) is 1.68. The third-order valence-electron chi connectivity index (χ3n) is 7.80. The first-order chi connectivity index (χ1) is 21.4. The molecule has 210 valence electrons. The summed E-state index contributed by atoms with van der Waals surface area (Å²) in [6.45, 7) is 0. The van der Waals surface area contributed by atoms with Crippen molar-refractivity contribution in [3.8, 4) is 45.6 Å². The van der Waals surface area contributed by atoms with Gasteiger partial charge in [-0.25, -0.2) is 9.97 Å². The van der Waals surface area contributed by atoms with Gasteiger partial charge in [0.05, 0.1) is 23.3 Å². The molecule has 0 unspecified atom stereocenters. The molecule has 4 aromatic carbocycles. The van der Waals surface area contributed by atoms with Crippen molar-refractivity contribution in [2.75, 3.05) is 22.9 Å². The number of benzene rings is 4. The van der Waals surface area contributed by atoms with E-state index in [2.05, 4.69) is 0 Å². The third kappa shape index (κ3) is 4.09. The van der Waals surface area contributed by atoms with Gasteiger partial charge in [-0.1, -0.05) is 12.1 Å². The molecule has 0 fully saturated rings. The zero-order chi connectivity index (χ0) is 29.7. The van der Waals surface area contributed by atoms with Crippen molar-refractivity contribution >= 4 is 66.9 Å². The van der Waals surface area contributed by atoms with E-state index in [0.29, 0.717) is 68.6 Å². The molecule has 8 N–H and O–H groups in total. The Morgan fingerprint density at radius 2 is 0.689 bits per heavy atom. The van der Waals surface area contributed by atoms with Gasteiger partial charge in [0, 0.05) is 67.6 Å². The second-order valence-corrected chi connectivity index (χ2v) is 10.7. The number of anilines is 4. The van der Waals surface area contributed by atoms with Crippen molar-refractivity contribution in [1.29, 1.82) is 0 Å². The Morgan fingerprint density at radius 1 is 0.356 bits per heavy atom. The van der Waals surface area contributed by atoms with Crippen LogP contribution < -0.4 is 32.9 Å². The molecule has 12 nitrogen and oxygen atoms in total. The van der Waals surface area contributed by atoms with E-state index in [0.717, 1.165) is 43.8 Å². The minimum atomic E-state index is 0. The number of hydrogen-bond acceptors (Lipinski definition) is 10. The number of aromatic nitrogens is 8. The van der Waals surface area contributed by atoms with E-state index in [9.17, 15) is 0 Å². The van der Waals surface area contributed by atoms with Crippen LogP contribution in [0.15, 0.2) is 72.8 Å². The Labute approximate surface area is 266 Å². The van der Waals surface area contributed by atoms with E-state index < -0.39 is 0 Å². The van der Waals surface area contributed by atoms with Crippen LogP contribution in [0.4, 0.5) is 22.7 Å². The van der Waals surface area contributed by atoms with Gasteiger partial charge in [-0.3, -0.25) is 0 Å². The van der Waals surface area contributed by atoms with E-state index in [-0.39, 0.29) is 19.5 Å². The average Bonchev–Trinajstić information content (AvgIpc) is 3.71. The summed E-state index contributed by atoms with van der Waals surface area (Å²) >= 11 is 0. The van der Waals surface area contributed by atoms with E-state index in [4.69, 9.17) is 62.8 Å². The van der Waals surface area contributed by atoms with Gasteiger partial charge in [0.2, 0.25) is 0 Å². The summed E-state index contributed by atoms with van der Waals surface area (Å²) in [6.07, 6.45) is 0. The predicted octanol–water partition coefficient (Wildman–Crippen LogP) is 4.45. The van der Waals surface area contributed by atoms with E-state index in [1.54, 1.807) is 24.3 Å². The summed E-state index contributed by atoms with van der Waals surface area (Å²) in [7, 11) is 0. The van der Waals surface area contributed by atoms with Gasteiger partial charge in [0.25, 0.3) is 0 Å². The Morgan fingerprint density at radius 3 is 1.11 bits per heavy atom. The number of rotatable bonds is 0. The van der Waals surface area contributed by atoms with E-state index in [1.165, 1.54) is 0 Å². The molecule has 5 heterocycles. The van der Waals surface area contributed by atoms with Crippen LogP contribution in [0, 0.1) is 0 Å². The maximum Gasteiger partial charge on any atom is 2.00 e. The average molecular weight is 638 g/mol.